The fourth-order valence-corrected chi connectivity index (χ4v) is 0.139. The molecule has 0 aliphatic heterocycles. The molecule has 0 aromatic rings. The Hall–Kier alpha value is -0.340. The molecule has 0 heterocycles. The van der Waals surface area contributed by atoms with Crippen LogP contribution >= 0.6 is 0 Å². The molecule has 2 heteroatoms. The van der Waals surface area contributed by atoms with Crippen LogP contribution in [0.1, 0.15) is 6.92 Å². The lowest BCUT2D eigenvalue weighted by atomic mass is 10.1. The van der Waals surface area contributed by atoms with Gasteiger partial charge >= 0.3 is 0 Å². The van der Waals surface area contributed by atoms with Gasteiger partial charge in [0, 0.05) is 5.92 Å². The molecular weight excluding hydrogens is 90.1 g/mol. The van der Waals surface area contributed by atoms with Crippen molar-refractivity contribution in [1.82, 2.24) is 0 Å². The summed E-state index contributed by atoms with van der Waals surface area (Å²) < 4.78 is 0. The van der Waals surface area contributed by atoms with Crippen LogP contribution in [0.15, 0.2) is 12.7 Å². The van der Waals surface area contributed by atoms with E-state index in [4.69, 9.17) is 10.8 Å². The first kappa shape index (κ1) is 6.66. The largest absolute Gasteiger partial charge is 0.378 e. The molecule has 0 saturated carbocycles. The second-order valence-electron chi connectivity index (χ2n) is 1.59. The molecule has 7 heavy (non-hydrogen) atoms. The first-order chi connectivity index (χ1) is 3.18. The summed E-state index contributed by atoms with van der Waals surface area (Å²) in [5, 5.41) is 8.53. The monoisotopic (exact) mass is 101 g/mol. The number of nitrogens with two attached hydrogens (primary N) is 1. The lowest BCUT2D eigenvalue weighted by Crippen LogP contribution is -2.25. The summed E-state index contributed by atoms with van der Waals surface area (Å²) in [5.41, 5.74) is 5.03. The molecule has 2 nitrogen and oxygen atoms in total. The highest BCUT2D eigenvalue weighted by atomic mass is 16.3. The highest BCUT2D eigenvalue weighted by Gasteiger charge is 2.00. The summed E-state index contributed by atoms with van der Waals surface area (Å²) in [5.74, 6) is -0.000000000000000222. The molecule has 3 N–H and O–H groups in total. The second-order valence-corrected chi connectivity index (χ2v) is 1.59. The third-order valence-electron chi connectivity index (χ3n) is 0.910. The zero-order valence-electron chi connectivity index (χ0n) is 4.46. The Labute approximate surface area is 43.6 Å². The summed E-state index contributed by atoms with van der Waals surface area (Å²) in [4.78, 5) is 0. The van der Waals surface area contributed by atoms with Crippen LogP contribution in [-0.4, -0.2) is 11.3 Å². The summed E-state index contributed by atoms with van der Waals surface area (Å²) in [6.07, 6.45) is 0.863. The normalized spacial score (nSPS) is 18.1. The average molecular weight is 101 g/mol. The van der Waals surface area contributed by atoms with Crippen LogP contribution in [0.25, 0.3) is 0 Å². The van der Waals surface area contributed by atoms with Crippen molar-refractivity contribution in [2.45, 2.75) is 13.2 Å². The Morgan fingerprint density at radius 3 is 2.29 bits per heavy atom. The van der Waals surface area contributed by atoms with Gasteiger partial charge in [-0.25, -0.2) is 0 Å². The molecule has 0 aliphatic carbocycles. The molecule has 0 aliphatic rings. The molecule has 0 saturated heterocycles. The van der Waals surface area contributed by atoms with E-state index in [1.54, 1.807) is 13.0 Å². The number of hydrogen-bond acceptors (Lipinski definition) is 2. The maximum Gasteiger partial charge on any atom is 0.108 e. The standard InChI is InChI=1S/C5H11NO/c1-3-4(2)5(6)7/h3-5,7H,1,6H2,2H3. The van der Waals surface area contributed by atoms with Gasteiger partial charge in [0.15, 0.2) is 0 Å². The van der Waals surface area contributed by atoms with Crippen LogP contribution in [0.4, 0.5) is 0 Å². The van der Waals surface area contributed by atoms with Gasteiger partial charge in [-0.05, 0) is 0 Å². The van der Waals surface area contributed by atoms with E-state index >= 15 is 0 Å². The molecule has 2 unspecified atom stereocenters. The van der Waals surface area contributed by atoms with Crippen molar-refractivity contribution < 1.29 is 5.11 Å². The van der Waals surface area contributed by atoms with Crippen LogP contribution in [-0.2, 0) is 0 Å². The van der Waals surface area contributed by atoms with Crippen molar-refractivity contribution in [3.8, 4) is 0 Å². The average Bonchev–Trinajstić information content (AvgIpc) is 1.65. The van der Waals surface area contributed by atoms with Crippen molar-refractivity contribution in [3.05, 3.63) is 12.7 Å². The van der Waals surface area contributed by atoms with E-state index in [1.807, 2.05) is 0 Å². The van der Waals surface area contributed by atoms with Gasteiger partial charge < -0.3 is 10.8 Å². The van der Waals surface area contributed by atoms with Crippen LogP contribution in [0.2, 0.25) is 0 Å². The first-order valence-corrected chi connectivity index (χ1v) is 2.24. The van der Waals surface area contributed by atoms with E-state index in [1.165, 1.54) is 0 Å². The molecule has 0 aromatic heterocycles. The Balaban J connectivity index is 3.33. The van der Waals surface area contributed by atoms with Gasteiger partial charge in [0.05, 0.1) is 0 Å². The maximum absolute atomic E-state index is 8.53. The summed E-state index contributed by atoms with van der Waals surface area (Å²) in [6.45, 7) is 5.25. The van der Waals surface area contributed by atoms with Gasteiger partial charge in [-0.15, -0.1) is 6.58 Å². The van der Waals surface area contributed by atoms with E-state index in [0.717, 1.165) is 0 Å². The zero-order valence-corrected chi connectivity index (χ0v) is 4.46. The second kappa shape index (κ2) is 2.77. The van der Waals surface area contributed by atoms with Gasteiger partial charge in [-0.2, -0.15) is 0 Å². The van der Waals surface area contributed by atoms with Gasteiger partial charge in [0.1, 0.15) is 6.23 Å². The molecule has 0 radical (unpaired) electrons. The van der Waals surface area contributed by atoms with Crippen LogP contribution in [0, 0.1) is 5.92 Å². The number of rotatable bonds is 2. The van der Waals surface area contributed by atoms with Crippen molar-refractivity contribution in [1.29, 1.82) is 0 Å². The Bertz CT molecular complexity index is 61.1. The predicted octanol–water partition coefficient (Wildman–Crippen LogP) is 0.0856. The van der Waals surface area contributed by atoms with Gasteiger partial charge in [0.2, 0.25) is 0 Å². The van der Waals surface area contributed by atoms with E-state index < -0.39 is 6.23 Å². The van der Waals surface area contributed by atoms with E-state index in [-0.39, 0.29) is 5.92 Å². The molecule has 0 rings (SSSR count). The third-order valence-corrected chi connectivity index (χ3v) is 0.910. The van der Waals surface area contributed by atoms with Crippen molar-refractivity contribution in [3.63, 3.8) is 0 Å². The van der Waals surface area contributed by atoms with Gasteiger partial charge in [0.25, 0.3) is 0 Å². The SMILES string of the molecule is C=CC(C)C(N)O. The first-order valence-electron chi connectivity index (χ1n) is 2.24. The summed E-state index contributed by atoms with van der Waals surface area (Å²) in [6, 6.07) is 0. The molecule has 42 valence electrons. The highest BCUT2D eigenvalue weighted by Crippen LogP contribution is 1.95. The van der Waals surface area contributed by atoms with Crippen molar-refractivity contribution in [2.24, 2.45) is 11.7 Å². The van der Waals surface area contributed by atoms with E-state index in [0.29, 0.717) is 0 Å². The van der Waals surface area contributed by atoms with Crippen LogP contribution < -0.4 is 5.73 Å². The minimum Gasteiger partial charge on any atom is -0.378 e. The molecule has 0 aromatic carbocycles. The molecule has 0 bridgehead atoms. The van der Waals surface area contributed by atoms with Crippen LogP contribution in [0.5, 0.6) is 0 Å². The number of aliphatic hydroxyl groups is 1. The minimum atomic E-state index is -0.752. The maximum atomic E-state index is 8.53. The number of hydrogen-bond donors (Lipinski definition) is 2. The van der Waals surface area contributed by atoms with Crippen LogP contribution in [0.3, 0.4) is 0 Å². The lowest BCUT2D eigenvalue weighted by molar-refractivity contribution is 0.145. The quantitative estimate of drug-likeness (QED) is 0.382. The number of aliphatic hydroxyl groups excluding tert-OH is 1. The summed E-state index contributed by atoms with van der Waals surface area (Å²) in [7, 11) is 0. The molecule has 2 atom stereocenters. The minimum absolute atomic E-state index is 0.000000000000000222. The fraction of sp³-hybridized carbons (Fsp3) is 0.600. The van der Waals surface area contributed by atoms with E-state index in [9.17, 15) is 0 Å². The third kappa shape index (κ3) is 2.37. The zero-order chi connectivity index (χ0) is 5.86. The lowest BCUT2D eigenvalue weighted by Gasteiger charge is -2.06. The van der Waals surface area contributed by atoms with Crippen molar-refractivity contribution in [2.75, 3.05) is 0 Å². The Morgan fingerprint density at radius 1 is 1.86 bits per heavy atom. The summed E-state index contributed by atoms with van der Waals surface area (Å²) >= 11 is 0. The van der Waals surface area contributed by atoms with Crippen molar-refractivity contribution >= 4 is 0 Å². The predicted molar refractivity (Wildman–Crippen MR) is 29.6 cm³/mol. The topological polar surface area (TPSA) is 46.2 Å². The Kier molecular flexibility index (Phi) is 2.64. The fourth-order valence-electron chi connectivity index (χ4n) is 0.139. The Morgan fingerprint density at radius 2 is 2.29 bits per heavy atom. The smallest absolute Gasteiger partial charge is 0.108 e. The van der Waals surface area contributed by atoms with E-state index in [2.05, 4.69) is 6.58 Å². The molecular formula is C5H11NO. The molecule has 0 spiro atoms. The molecule has 0 amide bonds. The molecule has 0 fully saturated rings. The van der Waals surface area contributed by atoms with Gasteiger partial charge in [-0.1, -0.05) is 13.0 Å². The highest BCUT2D eigenvalue weighted by molar-refractivity contribution is 4.77. The van der Waals surface area contributed by atoms with Gasteiger partial charge in [-0.3, -0.25) is 0 Å².